The van der Waals surface area contributed by atoms with Gasteiger partial charge in [0, 0.05) is 12.2 Å². The van der Waals surface area contributed by atoms with E-state index in [-0.39, 0.29) is 12.2 Å². The molecule has 1 unspecified atom stereocenters. The van der Waals surface area contributed by atoms with E-state index in [2.05, 4.69) is 5.32 Å². The summed E-state index contributed by atoms with van der Waals surface area (Å²) in [6.45, 7) is -0.137. The van der Waals surface area contributed by atoms with Crippen LogP contribution in [-0.2, 0) is 28.2 Å². The van der Waals surface area contributed by atoms with Crippen molar-refractivity contribution in [3.63, 3.8) is 0 Å². The van der Waals surface area contributed by atoms with Gasteiger partial charge in [-0.05, 0) is 48.6 Å². The number of alkyl halides is 3. The number of sulfonamides is 1. The molecule has 146 valence electrons. The molecule has 0 amide bonds. The lowest BCUT2D eigenvalue weighted by Gasteiger charge is -2.35. The molecule has 0 saturated carbocycles. The van der Waals surface area contributed by atoms with Gasteiger partial charge < -0.3 is 10.4 Å². The summed E-state index contributed by atoms with van der Waals surface area (Å²) in [5, 5.41) is 18.6. The normalized spacial score (nSPS) is 20.2. The number of anilines is 1. The van der Waals surface area contributed by atoms with Crippen LogP contribution in [0, 0.1) is 0 Å². The van der Waals surface area contributed by atoms with Gasteiger partial charge in [0.05, 0.1) is 10.5 Å². The van der Waals surface area contributed by atoms with Crippen molar-refractivity contribution in [2.75, 3.05) is 11.9 Å². The number of hydrogen-bond donors (Lipinski definition) is 3. The molecule has 0 spiro atoms. The lowest BCUT2D eigenvalue weighted by atomic mass is 9.79. The lowest BCUT2D eigenvalue weighted by Crippen LogP contribution is -2.38. The fraction of sp³-hybridized carbons (Fsp3) is 0.333. The number of nitrogens with two attached hydrogens (primary N) is 1. The van der Waals surface area contributed by atoms with Gasteiger partial charge >= 0.3 is 6.18 Å². The molecule has 0 aliphatic heterocycles. The first-order valence-corrected chi connectivity index (χ1v) is 9.84. The molecule has 0 fully saturated rings. The summed E-state index contributed by atoms with van der Waals surface area (Å²) in [6.07, 6.45) is -2.86. The van der Waals surface area contributed by atoms with Crippen molar-refractivity contribution in [2.45, 2.75) is 35.9 Å². The van der Waals surface area contributed by atoms with Crippen LogP contribution in [-0.4, -0.2) is 20.1 Å². The average Bonchev–Trinajstić information content (AvgIpc) is 2.59. The summed E-state index contributed by atoms with van der Waals surface area (Å²) in [4.78, 5) is -0.623. The molecule has 1 aliphatic rings. The highest BCUT2D eigenvalue weighted by molar-refractivity contribution is 7.89. The molecule has 5 nitrogen and oxygen atoms in total. The zero-order valence-electron chi connectivity index (χ0n) is 14.3. The van der Waals surface area contributed by atoms with Crippen molar-refractivity contribution in [1.29, 1.82) is 0 Å². The van der Waals surface area contributed by atoms with Crippen molar-refractivity contribution in [2.24, 2.45) is 5.14 Å². The second kappa shape index (κ2) is 6.81. The van der Waals surface area contributed by atoms with Crippen LogP contribution < -0.4 is 10.5 Å². The minimum atomic E-state index is -4.78. The summed E-state index contributed by atoms with van der Waals surface area (Å²) in [5.74, 6) is 0. The van der Waals surface area contributed by atoms with Crippen molar-refractivity contribution in [3.05, 3.63) is 59.2 Å². The molecular formula is C18H19F3N2O3S. The summed E-state index contributed by atoms with van der Waals surface area (Å²) in [5.41, 5.74) is -1.11. The van der Waals surface area contributed by atoms with Gasteiger partial charge in [-0.3, -0.25) is 0 Å². The van der Waals surface area contributed by atoms with E-state index in [1.165, 1.54) is 0 Å². The number of halogens is 3. The number of primary sulfonamides is 1. The fourth-order valence-electron chi connectivity index (χ4n) is 3.41. The van der Waals surface area contributed by atoms with E-state index in [1.807, 2.05) is 12.1 Å². The van der Waals surface area contributed by atoms with Crippen molar-refractivity contribution in [3.8, 4) is 0 Å². The number of fused-ring (bicyclic) bond motifs is 1. The molecule has 0 saturated heterocycles. The van der Waals surface area contributed by atoms with E-state index in [0.29, 0.717) is 24.5 Å². The maximum atomic E-state index is 13.4. The molecule has 9 heteroatoms. The van der Waals surface area contributed by atoms with Crippen LogP contribution in [0.4, 0.5) is 18.9 Å². The van der Waals surface area contributed by atoms with Crippen LogP contribution in [0.15, 0.2) is 47.4 Å². The number of benzene rings is 2. The highest BCUT2D eigenvalue weighted by Crippen LogP contribution is 2.39. The van der Waals surface area contributed by atoms with Crippen molar-refractivity contribution in [1.82, 2.24) is 0 Å². The quantitative estimate of drug-likeness (QED) is 0.736. The molecule has 0 bridgehead atoms. The molecule has 0 radical (unpaired) electrons. The van der Waals surface area contributed by atoms with E-state index in [0.717, 1.165) is 24.1 Å². The zero-order valence-corrected chi connectivity index (χ0v) is 15.1. The van der Waals surface area contributed by atoms with Gasteiger partial charge in [-0.25, -0.2) is 13.6 Å². The highest BCUT2D eigenvalue weighted by Gasteiger charge is 2.37. The van der Waals surface area contributed by atoms with E-state index in [1.54, 1.807) is 12.1 Å². The predicted octanol–water partition coefficient (Wildman–Crippen LogP) is 2.99. The standard InChI is InChI=1S/C18H19F3N2O3S/c19-18(20,21)15-10-13(27(22,25)26)7-8-16(15)23-11-17(24)9-3-5-12-4-1-2-6-14(12)17/h1-2,4,6-8,10,23-24H,3,5,9,11H2,(H2,22,25,26). The van der Waals surface area contributed by atoms with Gasteiger partial charge in [0.1, 0.15) is 5.60 Å². The molecule has 0 aromatic heterocycles. The van der Waals surface area contributed by atoms with E-state index in [9.17, 15) is 26.7 Å². The molecular weight excluding hydrogens is 381 g/mol. The first-order chi connectivity index (χ1) is 12.5. The largest absolute Gasteiger partial charge is 0.418 e. The Balaban J connectivity index is 1.93. The smallest absolute Gasteiger partial charge is 0.383 e. The topological polar surface area (TPSA) is 92.4 Å². The van der Waals surface area contributed by atoms with Crippen LogP contribution in [0.25, 0.3) is 0 Å². The summed E-state index contributed by atoms with van der Waals surface area (Å²) >= 11 is 0. The first-order valence-electron chi connectivity index (χ1n) is 8.29. The van der Waals surface area contributed by atoms with E-state index >= 15 is 0 Å². The van der Waals surface area contributed by atoms with Crippen LogP contribution in [0.1, 0.15) is 29.5 Å². The molecule has 3 rings (SSSR count). The SMILES string of the molecule is NS(=O)(=O)c1ccc(NCC2(O)CCCc3ccccc32)c(C(F)(F)F)c1. The van der Waals surface area contributed by atoms with Crippen LogP contribution >= 0.6 is 0 Å². The second-order valence-corrected chi connectivity index (χ2v) is 8.21. The Morgan fingerprint density at radius 3 is 2.56 bits per heavy atom. The van der Waals surface area contributed by atoms with Gasteiger partial charge in [-0.15, -0.1) is 0 Å². The van der Waals surface area contributed by atoms with Gasteiger partial charge in [0.2, 0.25) is 10.0 Å². The summed E-state index contributed by atoms with van der Waals surface area (Å²) in [7, 11) is -4.27. The number of aryl methyl sites for hydroxylation is 1. The molecule has 4 N–H and O–H groups in total. The Hall–Kier alpha value is -2.10. The van der Waals surface area contributed by atoms with Crippen molar-refractivity contribution >= 4 is 15.7 Å². The molecule has 2 aromatic rings. The monoisotopic (exact) mass is 400 g/mol. The molecule has 0 heterocycles. The Morgan fingerprint density at radius 1 is 1.19 bits per heavy atom. The second-order valence-electron chi connectivity index (χ2n) is 6.65. The Kier molecular flexibility index (Phi) is 4.96. The molecule has 1 aliphatic carbocycles. The van der Waals surface area contributed by atoms with E-state index in [4.69, 9.17) is 5.14 Å². The van der Waals surface area contributed by atoms with Gasteiger partial charge in [0.15, 0.2) is 0 Å². The first kappa shape index (κ1) is 19.7. The lowest BCUT2D eigenvalue weighted by molar-refractivity contribution is -0.137. The average molecular weight is 400 g/mol. The Morgan fingerprint density at radius 2 is 1.89 bits per heavy atom. The number of hydrogen-bond acceptors (Lipinski definition) is 4. The maximum absolute atomic E-state index is 13.4. The van der Waals surface area contributed by atoms with Crippen molar-refractivity contribution < 1.29 is 26.7 Å². The Bertz CT molecular complexity index is 961. The maximum Gasteiger partial charge on any atom is 0.418 e. The van der Waals surface area contributed by atoms with Gasteiger partial charge in [-0.2, -0.15) is 13.2 Å². The summed E-state index contributed by atoms with van der Waals surface area (Å²) < 4.78 is 62.9. The third kappa shape index (κ3) is 4.10. The molecule has 27 heavy (non-hydrogen) atoms. The van der Waals surface area contributed by atoms with Gasteiger partial charge in [0.25, 0.3) is 0 Å². The predicted molar refractivity (Wildman–Crippen MR) is 94.6 cm³/mol. The third-order valence-electron chi connectivity index (χ3n) is 4.75. The fourth-order valence-corrected chi connectivity index (χ4v) is 3.95. The minimum absolute atomic E-state index is 0.137. The molecule has 2 aromatic carbocycles. The number of rotatable bonds is 4. The van der Waals surface area contributed by atoms with Crippen LogP contribution in [0.3, 0.4) is 0 Å². The van der Waals surface area contributed by atoms with Crippen LogP contribution in [0.2, 0.25) is 0 Å². The number of nitrogens with one attached hydrogen (secondary N) is 1. The minimum Gasteiger partial charge on any atom is -0.383 e. The third-order valence-corrected chi connectivity index (χ3v) is 5.66. The Labute approximate surface area is 155 Å². The molecule has 1 atom stereocenters. The van der Waals surface area contributed by atoms with Crippen LogP contribution in [0.5, 0.6) is 0 Å². The zero-order chi connectivity index (χ0) is 19.9. The number of aliphatic hydroxyl groups is 1. The summed E-state index contributed by atoms with van der Waals surface area (Å²) in [6, 6.07) is 9.80. The van der Waals surface area contributed by atoms with Gasteiger partial charge in [-0.1, -0.05) is 24.3 Å². The highest BCUT2D eigenvalue weighted by atomic mass is 32.2. The van der Waals surface area contributed by atoms with E-state index < -0.39 is 32.3 Å².